The molecule has 0 amide bonds. The van der Waals surface area contributed by atoms with Crippen molar-refractivity contribution < 1.29 is 47.6 Å². The lowest BCUT2D eigenvalue weighted by molar-refractivity contribution is -0.162. The van der Waals surface area contributed by atoms with Crippen LogP contribution in [0.2, 0.25) is 0 Å². The monoisotopic (exact) mass is 593 g/mol. The van der Waals surface area contributed by atoms with Crippen molar-refractivity contribution in [2.75, 3.05) is 6.61 Å². The van der Waals surface area contributed by atoms with E-state index in [1.54, 1.807) is 26.8 Å². The molecule has 0 bridgehead atoms. The van der Waals surface area contributed by atoms with E-state index in [9.17, 15) is 19.2 Å². The Hall–Kier alpha value is -3.34. The first-order chi connectivity index (χ1) is 20.0. The van der Waals surface area contributed by atoms with Gasteiger partial charge in [-0.1, -0.05) is 52.0 Å². The molecule has 1 aliphatic rings. The van der Waals surface area contributed by atoms with Crippen LogP contribution in [0.1, 0.15) is 98.0 Å². The first-order valence-electron chi connectivity index (χ1n) is 15.0. The van der Waals surface area contributed by atoms with E-state index in [0.29, 0.717) is 18.4 Å². The number of nitrogens with two attached hydrogens (primary N) is 1. The standard InChI is InChI=1S/C31H47NO10/c1-6-11-20(3)39-30(35)41-26-16-15-23(18-27(26)42-31(36)40-21(4)12-7-2)17-25(32)29(34)37-19-22(5)38-28(33)24-13-9-8-10-14-24/h15-16,18,20-22,24-25H,6-14,17,19,32H2,1-5H3/t20?,21?,22-,25-/m0/s1. The SMILES string of the molecule is CCCC(C)OC(=O)Oc1ccc(C[C@H](N)C(=O)OC[C@H](C)OC(=O)C2CCCCC2)cc1OC(=O)OC(C)CCC. The molecule has 0 heterocycles. The Balaban J connectivity index is 2.01. The molecule has 1 fully saturated rings. The second-order valence-electron chi connectivity index (χ2n) is 10.9. The van der Waals surface area contributed by atoms with Crippen LogP contribution in [0.15, 0.2) is 18.2 Å². The van der Waals surface area contributed by atoms with Crippen LogP contribution in [0.5, 0.6) is 11.5 Å². The fourth-order valence-corrected chi connectivity index (χ4v) is 4.64. The molecule has 42 heavy (non-hydrogen) atoms. The zero-order valence-electron chi connectivity index (χ0n) is 25.6. The summed E-state index contributed by atoms with van der Waals surface area (Å²) in [5, 5.41) is 0. The van der Waals surface area contributed by atoms with Crippen molar-refractivity contribution in [2.24, 2.45) is 11.7 Å². The lowest BCUT2D eigenvalue weighted by atomic mass is 9.89. The number of hydrogen-bond donors (Lipinski definition) is 1. The molecule has 11 heteroatoms. The molecule has 236 valence electrons. The fourth-order valence-electron chi connectivity index (χ4n) is 4.64. The fraction of sp³-hybridized carbons (Fsp3) is 0.677. The van der Waals surface area contributed by atoms with E-state index in [0.717, 1.165) is 44.9 Å². The van der Waals surface area contributed by atoms with Gasteiger partial charge < -0.3 is 34.2 Å². The van der Waals surface area contributed by atoms with Gasteiger partial charge in [-0.05, 0) is 70.6 Å². The van der Waals surface area contributed by atoms with E-state index in [4.69, 9.17) is 34.2 Å². The van der Waals surface area contributed by atoms with Gasteiger partial charge in [0.1, 0.15) is 31.0 Å². The highest BCUT2D eigenvalue weighted by Gasteiger charge is 2.26. The molecule has 1 aromatic carbocycles. The second-order valence-corrected chi connectivity index (χ2v) is 10.9. The highest BCUT2D eigenvalue weighted by molar-refractivity contribution is 5.76. The van der Waals surface area contributed by atoms with Crippen LogP contribution in [0.4, 0.5) is 9.59 Å². The van der Waals surface area contributed by atoms with Gasteiger partial charge in [-0.2, -0.15) is 0 Å². The maximum atomic E-state index is 12.6. The normalized spacial score (nSPS) is 16.3. The zero-order valence-corrected chi connectivity index (χ0v) is 25.6. The van der Waals surface area contributed by atoms with Gasteiger partial charge in [-0.3, -0.25) is 9.59 Å². The number of carbonyl (C=O) groups excluding carboxylic acids is 4. The summed E-state index contributed by atoms with van der Waals surface area (Å²) < 4.78 is 31.9. The lowest BCUT2D eigenvalue weighted by Gasteiger charge is -2.22. The molecule has 2 N–H and O–H groups in total. The summed E-state index contributed by atoms with van der Waals surface area (Å²) in [7, 11) is 0. The highest BCUT2D eigenvalue weighted by atomic mass is 16.7. The topological polar surface area (TPSA) is 150 Å². The molecule has 0 saturated heterocycles. The number of benzene rings is 1. The summed E-state index contributed by atoms with van der Waals surface area (Å²) in [4.78, 5) is 49.6. The number of ether oxygens (including phenoxy) is 6. The maximum absolute atomic E-state index is 12.6. The molecular weight excluding hydrogens is 546 g/mol. The quantitative estimate of drug-likeness (QED) is 0.144. The molecule has 0 aliphatic heterocycles. The van der Waals surface area contributed by atoms with Gasteiger partial charge in [0, 0.05) is 0 Å². The van der Waals surface area contributed by atoms with Crippen LogP contribution in [0, 0.1) is 5.92 Å². The van der Waals surface area contributed by atoms with E-state index in [1.165, 1.54) is 12.1 Å². The van der Waals surface area contributed by atoms with E-state index >= 15 is 0 Å². The Morgan fingerprint density at radius 2 is 1.38 bits per heavy atom. The van der Waals surface area contributed by atoms with Crippen molar-refractivity contribution in [3.8, 4) is 11.5 Å². The number of hydrogen-bond acceptors (Lipinski definition) is 11. The summed E-state index contributed by atoms with van der Waals surface area (Å²) in [6.45, 7) is 8.97. The number of rotatable bonds is 15. The van der Waals surface area contributed by atoms with Gasteiger partial charge in [0.25, 0.3) is 0 Å². The minimum absolute atomic E-state index is 0.0327. The Bertz CT molecular complexity index is 1020. The minimum Gasteiger partial charge on any atom is -0.461 e. The van der Waals surface area contributed by atoms with Gasteiger partial charge in [0.2, 0.25) is 0 Å². The molecule has 0 spiro atoms. The molecule has 0 aromatic heterocycles. The Kier molecular flexibility index (Phi) is 15.1. The summed E-state index contributed by atoms with van der Waals surface area (Å²) in [5.74, 6) is -1.19. The van der Waals surface area contributed by atoms with Gasteiger partial charge in [-0.15, -0.1) is 0 Å². The minimum atomic E-state index is -1.05. The van der Waals surface area contributed by atoms with Crippen molar-refractivity contribution in [3.05, 3.63) is 23.8 Å². The Labute approximate surface area is 248 Å². The van der Waals surface area contributed by atoms with Gasteiger partial charge in [0.05, 0.1) is 5.92 Å². The largest absolute Gasteiger partial charge is 0.514 e. The average Bonchev–Trinajstić information content (AvgIpc) is 2.93. The second kappa shape index (κ2) is 18.3. The van der Waals surface area contributed by atoms with Crippen molar-refractivity contribution in [1.82, 2.24) is 0 Å². The first-order valence-corrected chi connectivity index (χ1v) is 15.0. The molecule has 2 rings (SSSR count). The predicted molar refractivity (Wildman–Crippen MR) is 154 cm³/mol. The van der Waals surface area contributed by atoms with Crippen LogP contribution >= 0.6 is 0 Å². The van der Waals surface area contributed by atoms with Crippen molar-refractivity contribution in [1.29, 1.82) is 0 Å². The smallest absolute Gasteiger partial charge is 0.461 e. The predicted octanol–water partition coefficient (Wildman–Crippen LogP) is 6.02. The maximum Gasteiger partial charge on any atom is 0.514 e. The Morgan fingerprint density at radius 1 is 0.810 bits per heavy atom. The molecule has 1 saturated carbocycles. The Morgan fingerprint density at radius 3 is 1.95 bits per heavy atom. The highest BCUT2D eigenvalue weighted by Crippen LogP contribution is 2.30. The lowest BCUT2D eigenvalue weighted by Crippen LogP contribution is -2.36. The third-order valence-corrected chi connectivity index (χ3v) is 6.85. The van der Waals surface area contributed by atoms with Crippen molar-refractivity contribution in [3.63, 3.8) is 0 Å². The molecule has 11 nitrogen and oxygen atoms in total. The molecule has 4 atom stereocenters. The molecule has 0 radical (unpaired) electrons. The number of esters is 2. The summed E-state index contributed by atoms with van der Waals surface area (Å²) >= 11 is 0. The molecular formula is C31H47NO10. The van der Waals surface area contributed by atoms with Crippen LogP contribution < -0.4 is 15.2 Å². The molecule has 1 aliphatic carbocycles. The molecule has 1 aromatic rings. The summed E-state index contributed by atoms with van der Waals surface area (Å²) in [5.41, 5.74) is 6.60. The zero-order chi connectivity index (χ0) is 31.1. The van der Waals surface area contributed by atoms with E-state index in [1.807, 2.05) is 13.8 Å². The number of carbonyl (C=O) groups is 4. The summed E-state index contributed by atoms with van der Waals surface area (Å²) in [6, 6.07) is 3.38. The van der Waals surface area contributed by atoms with Crippen LogP contribution in [0.25, 0.3) is 0 Å². The van der Waals surface area contributed by atoms with Crippen LogP contribution in [-0.4, -0.2) is 55.2 Å². The van der Waals surface area contributed by atoms with E-state index < -0.39 is 30.4 Å². The third-order valence-electron chi connectivity index (χ3n) is 6.85. The van der Waals surface area contributed by atoms with Gasteiger partial charge in [0.15, 0.2) is 11.5 Å². The van der Waals surface area contributed by atoms with E-state index in [-0.39, 0.29) is 48.6 Å². The third kappa shape index (κ3) is 12.7. The van der Waals surface area contributed by atoms with Gasteiger partial charge >= 0.3 is 24.2 Å². The van der Waals surface area contributed by atoms with Crippen molar-refractivity contribution >= 4 is 24.2 Å². The van der Waals surface area contributed by atoms with Crippen LogP contribution in [-0.2, 0) is 35.0 Å². The summed E-state index contributed by atoms with van der Waals surface area (Å²) in [6.07, 6.45) is 4.54. The first kappa shape index (κ1) is 34.9. The van der Waals surface area contributed by atoms with E-state index in [2.05, 4.69) is 0 Å². The van der Waals surface area contributed by atoms with Gasteiger partial charge in [-0.25, -0.2) is 9.59 Å². The van der Waals surface area contributed by atoms with Crippen LogP contribution in [0.3, 0.4) is 0 Å². The average molecular weight is 594 g/mol. The van der Waals surface area contributed by atoms with Crippen molar-refractivity contribution in [2.45, 2.75) is 123 Å². The molecule has 2 unspecified atom stereocenters.